The Balaban J connectivity index is 1.31. The summed E-state index contributed by atoms with van der Waals surface area (Å²) in [7, 11) is 1.45. The molecule has 1 saturated heterocycles. The van der Waals surface area contributed by atoms with Crippen LogP contribution in [0.25, 0.3) is 0 Å². The SMILES string of the molecule is COc1cc([C@@H]2c3sc(=O)[nH]c3S[C@@H]3[C@@H]4C[C@@H]([C@@H]5C(=O)N(c6cccc(C(F)(F)F)c6)C(=O)[C@@H]45)[C@@H]23)ccc1O. The number of fused-ring (bicyclic) bond motifs is 9. The van der Waals surface area contributed by atoms with E-state index in [4.69, 9.17) is 4.74 Å². The summed E-state index contributed by atoms with van der Waals surface area (Å²) in [6.45, 7) is 0. The number of hydrogen-bond donors (Lipinski definition) is 2. The van der Waals surface area contributed by atoms with Gasteiger partial charge in [0.15, 0.2) is 11.5 Å². The van der Waals surface area contributed by atoms with Gasteiger partial charge >= 0.3 is 11.0 Å². The monoisotopic (exact) mass is 574 g/mol. The fourth-order valence-corrected chi connectivity index (χ4v) is 10.2. The highest BCUT2D eigenvalue weighted by Gasteiger charge is 2.69. The largest absolute Gasteiger partial charge is 0.504 e. The lowest BCUT2D eigenvalue weighted by atomic mass is 9.68. The molecule has 2 saturated carbocycles. The lowest BCUT2D eigenvalue weighted by Gasteiger charge is -2.43. The van der Waals surface area contributed by atoms with E-state index in [0.29, 0.717) is 6.42 Å². The van der Waals surface area contributed by atoms with E-state index in [1.54, 1.807) is 12.1 Å². The lowest BCUT2D eigenvalue weighted by Crippen LogP contribution is -2.42. The molecule has 3 aromatic rings. The van der Waals surface area contributed by atoms with Gasteiger partial charge in [-0.15, -0.1) is 11.8 Å². The number of halogens is 3. The minimum atomic E-state index is -4.60. The summed E-state index contributed by atoms with van der Waals surface area (Å²) in [5, 5.41) is 10.8. The Kier molecular flexibility index (Phi) is 5.32. The fraction of sp³-hybridized carbons (Fsp3) is 0.370. The quantitative estimate of drug-likeness (QED) is 0.434. The first-order chi connectivity index (χ1) is 18.6. The molecule has 7 rings (SSSR count). The van der Waals surface area contributed by atoms with Gasteiger partial charge in [-0.1, -0.05) is 23.5 Å². The van der Waals surface area contributed by atoms with Gasteiger partial charge in [-0.05, 0) is 60.1 Å². The molecule has 1 aromatic heterocycles. The fourth-order valence-electron chi connectivity index (χ4n) is 7.35. The van der Waals surface area contributed by atoms with Crippen LogP contribution in [0.5, 0.6) is 11.5 Å². The molecule has 4 aliphatic rings. The Morgan fingerprint density at radius 2 is 1.79 bits per heavy atom. The highest BCUT2D eigenvalue weighted by Crippen LogP contribution is 2.68. The van der Waals surface area contributed by atoms with Crippen molar-refractivity contribution in [2.24, 2.45) is 29.6 Å². The minimum Gasteiger partial charge on any atom is -0.504 e. The van der Waals surface area contributed by atoms with Crippen LogP contribution in [0.15, 0.2) is 52.3 Å². The van der Waals surface area contributed by atoms with Gasteiger partial charge in [0.2, 0.25) is 11.8 Å². The molecule has 2 aliphatic carbocycles. The Bertz CT molecular complexity index is 1600. The Morgan fingerprint density at radius 3 is 2.51 bits per heavy atom. The second-order valence-electron chi connectivity index (χ2n) is 10.5. The summed E-state index contributed by atoms with van der Waals surface area (Å²) in [5.74, 6) is -2.63. The number of hydrogen-bond acceptors (Lipinski definition) is 7. The Morgan fingerprint density at radius 1 is 1.05 bits per heavy atom. The average Bonchev–Trinajstić information content (AvgIpc) is 3.63. The molecule has 3 heterocycles. The number of phenols is 1. The molecular formula is C27H21F3N2O5S2. The molecule has 2 aromatic carbocycles. The maximum atomic E-state index is 13.8. The van der Waals surface area contributed by atoms with Gasteiger partial charge in [0.25, 0.3) is 0 Å². The Labute approximate surface area is 228 Å². The van der Waals surface area contributed by atoms with Crippen molar-refractivity contribution in [1.29, 1.82) is 0 Å². The highest BCUT2D eigenvalue weighted by molar-refractivity contribution is 8.00. The van der Waals surface area contributed by atoms with Crippen molar-refractivity contribution >= 4 is 40.6 Å². The van der Waals surface area contributed by atoms with E-state index in [0.717, 1.165) is 43.8 Å². The molecule has 0 radical (unpaired) electrons. The maximum absolute atomic E-state index is 13.8. The predicted octanol–water partition coefficient (Wildman–Crippen LogP) is 4.85. The van der Waals surface area contributed by atoms with E-state index in [9.17, 15) is 32.7 Å². The number of methoxy groups -OCH3 is 1. The van der Waals surface area contributed by atoms with E-state index in [2.05, 4.69) is 4.98 Å². The zero-order valence-corrected chi connectivity index (χ0v) is 21.9. The molecule has 2 N–H and O–H groups in total. The van der Waals surface area contributed by atoms with Crippen molar-refractivity contribution in [3.05, 3.63) is 68.1 Å². The second-order valence-corrected chi connectivity index (χ2v) is 12.7. The predicted molar refractivity (Wildman–Crippen MR) is 137 cm³/mol. The van der Waals surface area contributed by atoms with Gasteiger partial charge in [-0.3, -0.25) is 19.3 Å². The molecule has 2 aliphatic heterocycles. The van der Waals surface area contributed by atoms with Crippen molar-refractivity contribution in [2.45, 2.75) is 28.8 Å². The highest BCUT2D eigenvalue weighted by atomic mass is 32.2. The molecule has 0 unspecified atom stereocenters. The van der Waals surface area contributed by atoms with E-state index >= 15 is 0 Å². The van der Waals surface area contributed by atoms with Gasteiger partial charge in [0, 0.05) is 16.0 Å². The van der Waals surface area contributed by atoms with Crippen molar-refractivity contribution in [1.82, 2.24) is 4.98 Å². The molecule has 3 fully saturated rings. The zero-order valence-electron chi connectivity index (χ0n) is 20.3. The van der Waals surface area contributed by atoms with Gasteiger partial charge in [0.1, 0.15) is 0 Å². The van der Waals surface area contributed by atoms with E-state index in [1.165, 1.54) is 37.1 Å². The van der Waals surface area contributed by atoms with E-state index in [1.807, 2.05) is 0 Å². The third-order valence-electron chi connectivity index (χ3n) is 8.72. The smallest absolute Gasteiger partial charge is 0.416 e. The number of H-pyrrole nitrogens is 1. The van der Waals surface area contributed by atoms with Crippen molar-refractivity contribution in [2.75, 3.05) is 12.0 Å². The molecule has 7 atom stereocenters. The van der Waals surface area contributed by atoms with Crippen LogP contribution in [-0.2, 0) is 15.8 Å². The van der Waals surface area contributed by atoms with E-state index in [-0.39, 0.29) is 51.0 Å². The number of imide groups is 1. The standard InChI is InChI=1S/C27H21F3N2O5S2/c1-37-16-7-10(5-6-15(16)33)17-18-13-9-14(21(18)38-23-22(17)39-26(36)31-23)20-19(13)24(34)32(25(20)35)12-4-2-3-11(8-12)27(28,29)30/h2-8,13-14,17-21,33H,9H2,1H3,(H,31,36)/t13-,14-,17+,18+,19+,20+,21-/m1/s1. The third kappa shape index (κ3) is 3.46. The number of anilines is 1. The van der Waals surface area contributed by atoms with Gasteiger partial charge in [0.05, 0.1) is 35.2 Å². The van der Waals surface area contributed by atoms with Crippen LogP contribution in [0.2, 0.25) is 0 Å². The Hall–Kier alpha value is -3.25. The van der Waals surface area contributed by atoms with Crippen LogP contribution < -0.4 is 14.5 Å². The molecule has 202 valence electrons. The summed E-state index contributed by atoms with van der Waals surface area (Å²) in [4.78, 5) is 44.3. The number of phenolic OH excluding ortho intramolecular Hbond substituents is 1. The van der Waals surface area contributed by atoms with Crippen LogP contribution in [0.3, 0.4) is 0 Å². The number of thioether (sulfide) groups is 1. The summed E-state index contributed by atoms with van der Waals surface area (Å²) < 4.78 is 45.5. The second kappa shape index (κ2) is 8.37. The summed E-state index contributed by atoms with van der Waals surface area (Å²) in [6, 6.07) is 9.40. The number of aromatic nitrogens is 1. The van der Waals surface area contributed by atoms with Crippen molar-refractivity contribution in [3.8, 4) is 11.5 Å². The van der Waals surface area contributed by atoms with Crippen molar-refractivity contribution < 1.29 is 32.6 Å². The summed E-state index contributed by atoms with van der Waals surface area (Å²) in [6.07, 6.45) is -3.95. The number of carbonyl (C=O) groups excluding carboxylic acids is 2. The van der Waals surface area contributed by atoms with Crippen LogP contribution >= 0.6 is 23.1 Å². The average molecular weight is 575 g/mol. The van der Waals surface area contributed by atoms with Crippen LogP contribution in [-0.4, -0.2) is 34.3 Å². The number of rotatable bonds is 3. The normalized spacial score (nSPS) is 30.9. The molecule has 7 nitrogen and oxygen atoms in total. The molecule has 2 bridgehead atoms. The van der Waals surface area contributed by atoms with Crippen LogP contribution in [0.1, 0.15) is 28.3 Å². The number of ether oxygens (including phenoxy) is 1. The van der Waals surface area contributed by atoms with Gasteiger partial charge in [-0.25, -0.2) is 0 Å². The van der Waals surface area contributed by atoms with E-state index < -0.39 is 35.4 Å². The number of benzene rings is 2. The molecule has 2 amide bonds. The number of aromatic amines is 1. The molecule has 39 heavy (non-hydrogen) atoms. The molecular weight excluding hydrogens is 553 g/mol. The number of alkyl halides is 3. The van der Waals surface area contributed by atoms with Gasteiger partial charge in [-0.2, -0.15) is 13.2 Å². The van der Waals surface area contributed by atoms with Crippen LogP contribution in [0.4, 0.5) is 18.9 Å². The first-order valence-corrected chi connectivity index (χ1v) is 14.1. The maximum Gasteiger partial charge on any atom is 0.416 e. The zero-order chi connectivity index (χ0) is 27.4. The first kappa shape index (κ1) is 24.8. The molecule has 0 spiro atoms. The number of nitrogens with one attached hydrogen (secondary N) is 1. The number of aromatic hydroxyl groups is 1. The summed E-state index contributed by atoms with van der Waals surface area (Å²) in [5.41, 5.74) is -0.154. The number of carbonyl (C=O) groups is 2. The topological polar surface area (TPSA) is 99.7 Å². The number of nitrogens with zero attached hydrogens (tertiary/aromatic N) is 1. The number of thiazole rings is 1. The van der Waals surface area contributed by atoms with Crippen LogP contribution in [0, 0.1) is 29.6 Å². The summed E-state index contributed by atoms with van der Waals surface area (Å²) >= 11 is 2.63. The first-order valence-electron chi connectivity index (χ1n) is 12.4. The number of amides is 2. The van der Waals surface area contributed by atoms with Gasteiger partial charge < -0.3 is 14.8 Å². The third-order valence-corrected chi connectivity index (χ3v) is 11.3. The molecule has 12 heteroatoms. The minimum absolute atomic E-state index is 0.0215. The van der Waals surface area contributed by atoms with Crippen molar-refractivity contribution in [3.63, 3.8) is 0 Å². The lowest BCUT2D eigenvalue weighted by molar-refractivity contribution is -0.137.